The number of nitrogens with zero attached hydrogens (tertiary/aromatic N) is 1. The summed E-state index contributed by atoms with van der Waals surface area (Å²) in [5.74, 6) is -1.20. The van der Waals surface area contributed by atoms with Crippen molar-refractivity contribution in [3.8, 4) is 0 Å². The summed E-state index contributed by atoms with van der Waals surface area (Å²) in [4.78, 5) is 25.4. The lowest BCUT2D eigenvalue weighted by atomic mass is 9.97. The van der Waals surface area contributed by atoms with E-state index in [4.69, 9.17) is 28.3 Å². The van der Waals surface area contributed by atoms with Gasteiger partial charge in [-0.1, -0.05) is 35.3 Å². The van der Waals surface area contributed by atoms with Gasteiger partial charge in [0.1, 0.15) is 0 Å². The highest BCUT2D eigenvalue weighted by atomic mass is 35.5. The Morgan fingerprint density at radius 2 is 2.05 bits per heavy atom. The second-order valence-electron chi connectivity index (χ2n) is 6.05. The van der Waals surface area contributed by atoms with Crippen molar-refractivity contribution in [2.24, 2.45) is 11.8 Å². The lowest BCUT2D eigenvalue weighted by Gasteiger charge is -2.31. The Labute approximate surface area is 139 Å². The van der Waals surface area contributed by atoms with Gasteiger partial charge in [-0.3, -0.25) is 9.59 Å². The smallest absolute Gasteiger partial charge is 0.308 e. The highest BCUT2D eigenvalue weighted by Gasteiger charge is 2.47. The molecule has 118 valence electrons. The SMILES string of the molecule is O=C(O)[C@@H]1CCCN(C(=O)[C@H]2C[C@H]2c2cccc(Cl)c2Cl)C1. The molecule has 3 rings (SSSR count). The predicted molar refractivity (Wildman–Crippen MR) is 84.2 cm³/mol. The maximum atomic E-state index is 12.6. The summed E-state index contributed by atoms with van der Waals surface area (Å²) in [7, 11) is 0. The number of rotatable bonds is 3. The summed E-state index contributed by atoms with van der Waals surface area (Å²) in [6, 6.07) is 5.47. The second kappa shape index (κ2) is 6.09. The minimum Gasteiger partial charge on any atom is -0.481 e. The van der Waals surface area contributed by atoms with Gasteiger partial charge in [0, 0.05) is 19.0 Å². The van der Waals surface area contributed by atoms with E-state index in [0.29, 0.717) is 29.6 Å². The molecule has 1 saturated heterocycles. The zero-order chi connectivity index (χ0) is 15.9. The molecule has 6 heteroatoms. The highest BCUT2D eigenvalue weighted by molar-refractivity contribution is 6.42. The van der Waals surface area contributed by atoms with Crippen molar-refractivity contribution in [2.45, 2.75) is 25.2 Å². The quantitative estimate of drug-likeness (QED) is 0.916. The van der Waals surface area contributed by atoms with Gasteiger partial charge in [-0.15, -0.1) is 0 Å². The Hall–Kier alpha value is -1.26. The molecule has 3 atom stereocenters. The third-order valence-corrected chi connectivity index (χ3v) is 5.40. The van der Waals surface area contributed by atoms with Gasteiger partial charge in [0.2, 0.25) is 5.91 Å². The second-order valence-corrected chi connectivity index (χ2v) is 6.84. The average Bonchev–Trinajstić information content (AvgIpc) is 3.29. The van der Waals surface area contributed by atoms with E-state index in [1.165, 1.54) is 0 Å². The Balaban J connectivity index is 1.68. The molecule has 1 aliphatic carbocycles. The van der Waals surface area contributed by atoms with Crippen molar-refractivity contribution in [2.75, 3.05) is 13.1 Å². The molecule has 1 saturated carbocycles. The zero-order valence-electron chi connectivity index (χ0n) is 12.0. The van der Waals surface area contributed by atoms with Crippen molar-refractivity contribution < 1.29 is 14.7 Å². The number of piperidine rings is 1. The number of benzene rings is 1. The minimum absolute atomic E-state index is 0.0481. The molecule has 0 aromatic heterocycles. The molecular weight excluding hydrogens is 325 g/mol. The standard InChI is InChI=1S/C16H17Cl2NO3/c17-13-5-1-4-10(14(13)18)11-7-12(11)15(20)19-6-2-3-9(8-19)16(21)22/h1,4-5,9,11-12H,2-3,6-8H2,(H,21,22)/t9-,11+,12+/m1/s1. The molecule has 0 spiro atoms. The molecule has 2 aliphatic rings. The van der Waals surface area contributed by atoms with Crippen molar-refractivity contribution in [3.05, 3.63) is 33.8 Å². The first-order chi connectivity index (χ1) is 10.5. The molecule has 1 N–H and O–H groups in total. The van der Waals surface area contributed by atoms with Crippen LogP contribution in [0, 0.1) is 11.8 Å². The number of likely N-dealkylation sites (tertiary alicyclic amines) is 1. The molecule has 1 aromatic carbocycles. The predicted octanol–water partition coefficient (Wildman–Crippen LogP) is 3.42. The van der Waals surface area contributed by atoms with Crippen LogP contribution in [0.5, 0.6) is 0 Å². The number of aliphatic carboxylic acids is 1. The Bertz CT molecular complexity index is 619. The molecule has 0 radical (unpaired) electrons. The number of halogens is 2. The summed E-state index contributed by atoms with van der Waals surface area (Å²) < 4.78 is 0. The van der Waals surface area contributed by atoms with Crippen molar-refractivity contribution in [3.63, 3.8) is 0 Å². The summed E-state index contributed by atoms with van der Waals surface area (Å²) in [5.41, 5.74) is 0.916. The topological polar surface area (TPSA) is 57.6 Å². The number of amides is 1. The van der Waals surface area contributed by atoms with Gasteiger partial charge < -0.3 is 10.0 Å². The average molecular weight is 342 g/mol. The van der Waals surface area contributed by atoms with Crippen molar-refractivity contribution in [1.82, 2.24) is 4.90 Å². The van der Waals surface area contributed by atoms with Crippen LogP contribution in [0.25, 0.3) is 0 Å². The van der Waals surface area contributed by atoms with E-state index in [1.807, 2.05) is 12.1 Å². The largest absolute Gasteiger partial charge is 0.481 e. The van der Waals surface area contributed by atoms with E-state index in [-0.39, 0.29) is 17.7 Å². The zero-order valence-corrected chi connectivity index (χ0v) is 13.5. The highest BCUT2D eigenvalue weighted by Crippen LogP contribution is 2.51. The Morgan fingerprint density at radius 1 is 1.27 bits per heavy atom. The van der Waals surface area contributed by atoms with Crippen LogP contribution in [0.4, 0.5) is 0 Å². The maximum absolute atomic E-state index is 12.6. The first-order valence-corrected chi connectivity index (χ1v) is 8.20. The minimum atomic E-state index is -0.817. The van der Waals surface area contributed by atoms with Crippen LogP contribution in [0.15, 0.2) is 18.2 Å². The molecule has 1 heterocycles. The van der Waals surface area contributed by atoms with Gasteiger partial charge in [-0.2, -0.15) is 0 Å². The first-order valence-electron chi connectivity index (χ1n) is 7.44. The Morgan fingerprint density at radius 3 is 2.77 bits per heavy atom. The summed E-state index contributed by atoms with van der Waals surface area (Å²) >= 11 is 12.2. The number of carboxylic acid groups (broad SMARTS) is 1. The Kier molecular flexibility index (Phi) is 4.33. The van der Waals surface area contributed by atoms with Crippen molar-refractivity contribution >= 4 is 35.1 Å². The van der Waals surface area contributed by atoms with Gasteiger partial charge in [0.05, 0.1) is 16.0 Å². The molecule has 1 amide bonds. The van der Waals surface area contributed by atoms with E-state index >= 15 is 0 Å². The van der Waals surface area contributed by atoms with Gasteiger partial charge in [0.25, 0.3) is 0 Å². The normalized spacial score (nSPS) is 27.5. The van der Waals surface area contributed by atoms with Gasteiger partial charge in [-0.05, 0) is 36.8 Å². The van der Waals surface area contributed by atoms with Crippen LogP contribution in [0.1, 0.15) is 30.7 Å². The van der Waals surface area contributed by atoms with Crippen LogP contribution in [-0.2, 0) is 9.59 Å². The van der Waals surface area contributed by atoms with Crippen LogP contribution in [0.3, 0.4) is 0 Å². The van der Waals surface area contributed by atoms with Crippen LogP contribution < -0.4 is 0 Å². The third-order valence-electron chi connectivity index (χ3n) is 4.57. The summed E-state index contributed by atoms with van der Waals surface area (Å²) in [5, 5.41) is 10.1. The fraction of sp³-hybridized carbons (Fsp3) is 0.500. The fourth-order valence-corrected chi connectivity index (χ4v) is 3.68. The van der Waals surface area contributed by atoms with E-state index in [1.54, 1.807) is 11.0 Å². The molecule has 0 unspecified atom stereocenters. The number of hydrogen-bond acceptors (Lipinski definition) is 2. The monoisotopic (exact) mass is 341 g/mol. The van der Waals surface area contributed by atoms with Gasteiger partial charge in [-0.25, -0.2) is 0 Å². The summed E-state index contributed by atoms with van der Waals surface area (Å²) in [6.45, 7) is 0.968. The fourth-order valence-electron chi connectivity index (χ4n) is 3.23. The molecule has 4 nitrogen and oxygen atoms in total. The van der Waals surface area contributed by atoms with E-state index in [9.17, 15) is 9.59 Å². The number of carbonyl (C=O) groups is 2. The van der Waals surface area contributed by atoms with Crippen LogP contribution in [-0.4, -0.2) is 35.0 Å². The lowest BCUT2D eigenvalue weighted by Crippen LogP contribution is -2.43. The van der Waals surface area contributed by atoms with Crippen LogP contribution >= 0.6 is 23.2 Å². The maximum Gasteiger partial charge on any atom is 0.308 e. The molecule has 1 aromatic rings. The van der Waals surface area contributed by atoms with Gasteiger partial charge in [0.15, 0.2) is 0 Å². The molecule has 1 aliphatic heterocycles. The molecule has 0 bridgehead atoms. The number of hydrogen-bond donors (Lipinski definition) is 1. The molecule has 22 heavy (non-hydrogen) atoms. The molecule has 2 fully saturated rings. The summed E-state index contributed by atoms with van der Waals surface area (Å²) in [6.07, 6.45) is 2.15. The number of carbonyl (C=O) groups excluding carboxylic acids is 1. The molecular formula is C16H17Cl2NO3. The third kappa shape index (κ3) is 2.95. The first kappa shape index (κ1) is 15.6. The van der Waals surface area contributed by atoms with E-state index in [2.05, 4.69) is 0 Å². The van der Waals surface area contributed by atoms with Gasteiger partial charge >= 0.3 is 5.97 Å². The lowest BCUT2D eigenvalue weighted by molar-refractivity contribution is -0.146. The van der Waals surface area contributed by atoms with E-state index < -0.39 is 11.9 Å². The van der Waals surface area contributed by atoms with Crippen molar-refractivity contribution in [1.29, 1.82) is 0 Å². The number of carboxylic acids is 1. The van der Waals surface area contributed by atoms with Crippen LogP contribution in [0.2, 0.25) is 10.0 Å². The van der Waals surface area contributed by atoms with E-state index in [0.717, 1.165) is 18.4 Å².